The van der Waals surface area contributed by atoms with E-state index in [0.717, 1.165) is 35.4 Å². The highest BCUT2D eigenvalue weighted by Crippen LogP contribution is 2.28. The van der Waals surface area contributed by atoms with Gasteiger partial charge in [-0.1, -0.05) is 63.1 Å². The van der Waals surface area contributed by atoms with Crippen LogP contribution in [-0.4, -0.2) is 54.5 Å². The highest BCUT2D eigenvalue weighted by Gasteiger charge is 2.20. The SMILES string of the molecule is CCOC(Cc1ccc(OCCN(CCCCC2CCCCC2)C(=O)Oc2cc(C)c(C)cc2C)cc1)C(=O)O. The Bertz CT molecular complexity index is 1080. The molecule has 0 spiro atoms. The number of nitrogens with zero attached hydrogens (tertiary/aromatic N) is 1. The summed E-state index contributed by atoms with van der Waals surface area (Å²) in [7, 11) is 0. The number of hydrogen-bond donors (Lipinski definition) is 1. The molecule has 1 N–H and O–H groups in total. The molecule has 0 heterocycles. The molecule has 7 heteroatoms. The molecule has 0 saturated heterocycles. The van der Waals surface area contributed by atoms with Gasteiger partial charge in [0.15, 0.2) is 6.10 Å². The zero-order valence-corrected chi connectivity index (χ0v) is 24.7. The first-order chi connectivity index (χ1) is 19.3. The van der Waals surface area contributed by atoms with Crippen LogP contribution in [0.2, 0.25) is 0 Å². The summed E-state index contributed by atoms with van der Waals surface area (Å²) in [6.07, 6.45) is 9.11. The summed E-state index contributed by atoms with van der Waals surface area (Å²) in [6.45, 7) is 9.55. The fourth-order valence-electron chi connectivity index (χ4n) is 5.34. The predicted octanol–water partition coefficient (Wildman–Crippen LogP) is 7.27. The van der Waals surface area contributed by atoms with Gasteiger partial charge in [-0.25, -0.2) is 9.59 Å². The molecule has 1 amide bonds. The van der Waals surface area contributed by atoms with Gasteiger partial charge < -0.3 is 24.2 Å². The average Bonchev–Trinajstić information content (AvgIpc) is 2.94. The summed E-state index contributed by atoms with van der Waals surface area (Å²) in [6, 6.07) is 11.3. The second-order valence-electron chi connectivity index (χ2n) is 11.0. The number of hydrogen-bond acceptors (Lipinski definition) is 5. The largest absolute Gasteiger partial charge is 0.492 e. The Balaban J connectivity index is 1.56. The molecule has 3 rings (SSSR count). The van der Waals surface area contributed by atoms with Crippen LogP contribution in [0.25, 0.3) is 0 Å². The summed E-state index contributed by atoms with van der Waals surface area (Å²) >= 11 is 0. The topological polar surface area (TPSA) is 85.3 Å². The van der Waals surface area contributed by atoms with Crippen LogP contribution < -0.4 is 9.47 Å². The molecule has 0 bridgehead atoms. The number of amides is 1. The van der Waals surface area contributed by atoms with Crippen LogP contribution in [0.15, 0.2) is 36.4 Å². The van der Waals surface area contributed by atoms with Crippen LogP contribution in [0.1, 0.15) is 80.5 Å². The number of carboxylic acid groups (broad SMARTS) is 1. The fourth-order valence-corrected chi connectivity index (χ4v) is 5.34. The van der Waals surface area contributed by atoms with E-state index < -0.39 is 12.1 Å². The molecule has 0 radical (unpaired) electrons. The number of benzene rings is 2. The highest BCUT2D eigenvalue weighted by atomic mass is 16.6. The highest BCUT2D eigenvalue weighted by molar-refractivity contribution is 5.73. The molecule has 1 unspecified atom stereocenters. The lowest BCUT2D eigenvalue weighted by molar-refractivity contribution is -0.149. The van der Waals surface area contributed by atoms with Crippen molar-refractivity contribution in [1.29, 1.82) is 0 Å². The monoisotopic (exact) mass is 553 g/mol. The molecule has 0 aromatic heterocycles. The van der Waals surface area contributed by atoms with E-state index in [2.05, 4.69) is 6.92 Å². The molecule has 2 aromatic carbocycles. The molecule has 1 atom stereocenters. The number of rotatable bonds is 15. The third kappa shape index (κ3) is 10.2. The summed E-state index contributed by atoms with van der Waals surface area (Å²) in [5.74, 6) is 1.13. The second kappa shape index (κ2) is 16.3. The Hall–Kier alpha value is -3.06. The zero-order chi connectivity index (χ0) is 28.9. The van der Waals surface area contributed by atoms with E-state index in [-0.39, 0.29) is 6.09 Å². The Morgan fingerprint density at radius 1 is 0.950 bits per heavy atom. The smallest absolute Gasteiger partial charge is 0.415 e. The van der Waals surface area contributed by atoms with Crippen molar-refractivity contribution < 1.29 is 28.9 Å². The lowest BCUT2D eigenvalue weighted by Crippen LogP contribution is -2.37. The molecule has 1 aliphatic rings. The number of carbonyl (C=O) groups excluding carboxylic acids is 1. The van der Waals surface area contributed by atoms with Gasteiger partial charge in [-0.05, 0) is 80.5 Å². The van der Waals surface area contributed by atoms with Gasteiger partial charge in [0.2, 0.25) is 0 Å². The summed E-state index contributed by atoms with van der Waals surface area (Å²) < 4.78 is 17.1. The Labute approximate surface area is 239 Å². The fraction of sp³-hybridized carbons (Fsp3) is 0.576. The third-order valence-corrected chi connectivity index (χ3v) is 7.88. The van der Waals surface area contributed by atoms with Gasteiger partial charge in [-0.3, -0.25) is 0 Å². The number of aliphatic carboxylic acids is 1. The van der Waals surface area contributed by atoms with Crippen molar-refractivity contribution >= 4 is 12.1 Å². The maximum atomic E-state index is 13.2. The van der Waals surface area contributed by atoms with Crippen LogP contribution in [-0.2, 0) is 16.0 Å². The number of carbonyl (C=O) groups is 2. The normalized spacial score (nSPS) is 14.5. The lowest BCUT2D eigenvalue weighted by Gasteiger charge is -2.24. The standard InChI is InChI=1S/C33H47NO6/c1-5-38-31(32(35)36)23-28-14-16-29(17-15-28)39-20-19-34(18-10-9-13-27-11-7-6-8-12-27)33(37)40-30-22-25(3)24(2)21-26(30)4/h14-17,21-22,27,31H,5-13,18-20,23H2,1-4H3,(H,35,36). The molecule has 1 fully saturated rings. The van der Waals surface area contributed by atoms with Crippen molar-refractivity contribution in [1.82, 2.24) is 4.90 Å². The number of unbranched alkanes of at least 4 members (excludes halogenated alkanes) is 1. The van der Waals surface area contributed by atoms with Crippen LogP contribution >= 0.6 is 0 Å². The minimum absolute atomic E-state index is 0.293. The first-order valence-corrected chi connectivity index (χ1v) is 14.9. The Kier molecular flexibility index (Phi) is 12.8. The number of carboxylic acids is 1. The molecule has 2 aromatic rings. The molecular formula is C33H47NO6. The third-order valence-electron chi connectivity index (χ3n) is 7.88. The van der Waals surface area contributed by atoms with Crippen LogP contribution in [0, 0.1) is 26.7 Å². The van der Waals surface area contributed by atoms with E-state index in [1.807, 2.05) is 50.2 Å². The molecule has 1 aliphatic carbocycles. The molecule has 0 aliphatic heterocycles. The van der Waals surface area contributed by atoms with E-state index in [1.54, 1.807) is 11.8 Å². The van der Waals surface area contributed by atoms with Crippen LogP contribution in [0.3, 0.4) is 0 Å². The van der Waals surface area contributed by atoms with Crippen molar-refractivity contribution in [2.75, 3.05) is 26.3 Å². The zero-order valence-electron chi connectivity index (χ0n) is 24.7. The first kappa shape index (κ1) is 31.5. The molecule has 7 nitrogen and oxygen atoms in total. The Morgan fingerprint density at radius 2 is 1.65 bits per heavy atom. The Morgan fingerprint density at radius 3 is 2.33 bits per heavy atom. The number of aryl methyl sites for hydroxylation is 3. The van der Waals surface area contributed by atoms with Crippen molar-refractivity contribution in [3.05, 3.63) is 58.7 Å². The summed E-state index contributed by atoms with van der Waals surface area (Å²) in [4.78, 5) is 26.4. The maximum Gasteiger partial charge on any atom is 0.415 e. The predicted molar refractivity (Wildman–Crippen MR) is 157 cm³/mol. The van der Waals surface area contributed by atoms with E-state index >= 15 is 0 Å². The average molecular weight is 554 g/mol. The molecular weight excluding hydrogens is 506 g/mol. The first-order valence-electron chi connectivity index (χ1n) is 14.9. The molecule has 40 heavy (non-hydrogen) atoms. The van der Waals surface area contributed by atoms with Gasteiger partial charge in [-0.15, -0.1) is 0 Å². The summed E-state index contributed by atoms with van der Waals surface area (Å²) in [5, 5.41) is 9.32. The van der Waals surface area contributed by atoms with Gasteiger partial charge in [0.1, 0.15) is 18.1 Å². The quantitative estimate of drug-likeness (QED) is 0.233. The van der Waals surface area contributed by atoms with E-state index in [0.29, 0.717) is 44.2 Å². The van der Waals surface area contributed by atoms with Crippen molar-refractivity contribution in [2.45, 2.75) is 91.6 Å². The van der Waals surface area contributed by atoms with E-state index in [4.69, 9.17) is 14.2 Å². The van der Waals surface area contributed by atoms with E-state index in [9.17, 15) is 14.7 Å². The van der Waals surface area contributed by atoms with Gasteiger partial charge in [0, 0.05) is 19.6 Å². The van der Waals surface area contributed by atoms with Gasteiger partial charge in [0.25, 0.3) is 0 Å². The van der Waals surface area contributed by atoms with Crippen molar-refractivity contribution in [2.24, 2.45) is 5.92 Å². The second-order valence-corrected chi connectivity index (χ2v) is 11.0. The van der Waals surface area contributed by atoms with Crippen LogP contribution in [0.5, 0.6) is 11.5 Å². The van der Waals surface area contributed by atoms with Crippen LogP contribution in [0.4, 0.5) is 4.79 Å². The lowest BCUT2D eigenvalue weighted by atomic mass is 9.86. The molecule has 220 valence electrons. The van der Waals surface area contributed by atoms with Crippen molar-refractivity contribution in [3.63, 3.8) is 0 Å². The van der Waals surface area contributed by atoms with Crippen molar-refractivity contribution in [3.8, 4) is 11.5 Å². The van der Waals surface area contributed by atoms with E-state index in [1.165, 1.54) is 44.1 Å². The number of ether oxygens (including phenoxy) is 3. The minimum atomic E-state index is -0.969. The molecule has 1 saturated carbocycles. The summed E-state index contributed by atoms with van der Waals surface area (Å²) in [5.41, 5.74) is 4.07. The van der Waals surface area contributed by atoms with Gasteiger partial charge in [-0.2, -0.15) is 0 Å². The van der Waals surface area contributed by atoms with Gasteiger partial charge in [0.05, 0.1) is 6.54 Å². The van der Waals surface area contributed by atoms with Gasteiger partial charge >= 0.3 is 12.1 Å². The maximum absolute atomic E-state index is 13.2. The minimum Gasteiger partial charge on any atom is -0.492 e.